The summed E-state index contributed by atoms with van der Waals surface area (Å²) in [5.41, 5.74) is 7.34. The van der Waals surface area contributed by atoms with E-state index in [-0.39, 0.29) is 5.91 Å². The number of benzene rings is 1. The Bertz CT molecular complexity index is 357. The van der Waals surface area contributed by atoms with E-state index in [4.69, 9.17) is 5.73 Å². The summed E-state index contributed by atoms with van der Waals surface area (Å²) < 4.78 is 0. The second-order valence-electron chi connectivity index (χ2n) is 4.20. The highest BCUT2D eigenvalue weighted by Crippen LogP contribution is 2.09. The summed E-state index contributed by atoms with van der Waals surface area (Å²) in [6, 6.07) is 7.59. The molecule has 17 heavy (non-hydrogen) atoms. The lowest BCUT2D eigenvalue weighted by Crippen LogP contribution is -2.32. The number of amides is 1. The monoisotopic (exact) mass is 234 g/mol. The molecule has 0 aliphatic rings. The van der Waals surface area contributed by atoms with E-state index in [0.717, 1.165) is 37.1 Å². The minimum Gasteiger partial charge on any atom is -0.339 e. The Balaban J connectivity index is 2.84. The number of carbonyl (C=O) groups is 1. The van der Waals surface area contributed by atoms with Crippen molar-refractivity contribution >= 4 is 5.91 Å². The SMILES string of the molecule is CCCN(CCC)C(=O)c1cccc(CN)c1. The molecule has 0 heterocycles. The molecular formula is C14H22N2O. The van der Waals surface area contributed by atoms with Gasteiger partial charge in [-0.25, -0.2) is 0 Å². The summed E-state index contributed by atoms with van der Waals surface area (Å²) in [5.74, 6) is 0.115. The fraction of sp³-hybridized carbons (Fsp3) is 0.500. The molecule has 1 aromatic rings. The molecule has 2 N–H and O–H groups in total. The largest absolute Gasteiger partial charge is 0.339 e. The van der Waals surface area contributed by atoms with Crippen molar-refractivity contribution < 1.29 is 4.79 Å². The van der Waals surface area contributed by atoms with Gasteiger partial charge in [-0.3, -0.25) is 4.79 Å². The van der Waals surface area contributed by atoms with Crippen LogP contribution < -0.4 is 5.73 Å². The van der Waals surface area contributed by atoms with Gasteiger partial charge >= 0.3 is 0 Å². The van der Waals surface area contributed by atoms with E-state index < -0.39 is 0 Å². The highest BCUT2D eigenvalue weighted by Gasteiger charge is 2.13. The van der Waals surface area contributed by atoms with Gasteiger partial charge in [-0.15, -0.1) is 0 Å². The molecule has 3 nitrogen and oxygen atoms in total. The summed E-state index contributed by atoms with van der Waals surface area (Å²) in [4.78, 5) is 14.2. The zero-order chi connectivity index (χ0) is 12.7. The van der Waals surface area contributed by atoms with Crippen LogP contribution >= 0.6 is 0 Å². The van der Waals surface area contributed by atoms with Crippen molar-refractivity contribution in [2.45, 2.75) is 33.2 Å². The van der Waals surface area contributed by atoms with Crippen LogP contribution in [-0.4, -0.2) is 23.9 Å². The Morgan fingerprint density at radius 1 is 1.24 bits per heavy atom. The van der Waals surface area contributed by atoms with E-state index in [1.165, 1.54) is 0 Å². The molecule has 1 amide bonds. The normalized spacial score (nSPS) is 10.3. The van der Waals surface area contributed by atoms with Gasteiger partial charge in [-0.2, -0.15) is 0 Å². The highest BCUT2D eigenvalue weighted by molar-refractivity contribution is 5.94. The molecule has 1 aromatic carbocycles. The topological polar surface area (TPSA) is 46.3 Å². The van der Waals surface area contributed by atoms with E-state index in [2.05, 4.69) is 13.8 Å². The smallest absolute Gasteiger partial charge is 0.253 e. The van der Waals surface area contributed by atoms with Gasteiger partial charge in [0.15, 0.2) is 0 Å². The van der Waals surface area contributed by atoms with E-state index in [1.54, 1.807) is 0 Å². The Morgan fingerprint density at radius 2 is 1.88 bits per heavy atom. The molecule has 0 radical (unpaired) electrons. The summed E-state index contributed by atoms with van der Waals surface area (Å²) in [5, 5.41) is 0. The molecule has 0 saturated heterocycles. The maximum absolute atomic E-state index is 12.3. The van der Waals surface area contributed by atoms with Crippen LogP contribution in [0, 0.1) is 0 Å². The molecule has 0 aromatic heterocycles. The fourth-order valence-corrected chi connectivity index (χ4v) is 1.87. The first-order valence-corrected chi connectivity index (χ1v) is 6.31. The lowest BCUT2D eigenvalue weighted by atomic mass is 10.1. The molecule has 0 fully saturated rings. The molecule has 0 bridgehead atoms. The molecule has 0 unspecified atom stereocenters. The predicted molar refractivity (Wildman–Crippen MR) is 70.8 cm³/mol. The van der Waals surface area contributed by atoms with Crippen LogP contribution in [0.15, 0.2) is 24.3 Å². The molecule has 0 aliphatic carbocycles. The lowest BCUT2D eigenvalue weighted by Gasteiger charge is -2.21. The summed E-state index contributed by atoms with van der Waals surface area (Å²) >= 11 is 0. The number of rotatable bonds is 6. The minimum atomic E-state index is 0.115. The number of hydrogen-bond acceptors (Lipinski definition) is 2. The number of nitrogens with zero attached hydrogens (tertiary/aromatic N) is 1. The molecule has 0 atom stereocenters. The Morgan fingerprint density at radius 3 is 2.41 bits per heavy atom. The van der Waals surface area contributed by atoms with Gasteiger partial charge in [0.2, 0.25) is 0 Å². The van der Waals surface area contributed by atoms with Gasteiger partial charge < -0.3 is 10.6 Å². The molecule has 0 aliphatic heterocycles. The van der Waals surface area contributed by atoms with Crippen molar-refractivity contribution in [2.24, 2.45) is 5.73 Å². The minimum absolute atomic E-state index is 0.115. The third-order valence-electron chi connectivity index (χ3n) is 2.68. The van der Waals surface area contributed by atoms with Gasteiger partial charge in [-0.05, 0) is 30.5 Å². The van der Waals surface area contributed by atoms with Gasteiger partial charge in [0.25, 0.3) is 5.91 Å². The average Bonchev–Trinajstić information content (AvgIpc) is 2.38. The molecule has 94 valence electrons. The molecule has 1 rings (SSSR count). The van der Waals surface area contributed by atoms with Crippen molar-refractivity contribution in [3.05, 3.63) is 35.4 Å². The van der Waals surface area contributed by atoms with Gasteiger partial charge in [-0.1, -0.05) is 26.0 Å². The van der Waals surface area contributed by atoms with Crippen molar-refractivity contribution in [1.82, 2.24) is 4.90 Å². The second-order valence-corrected chi connectivity index (χ2v) is 4.20. The van der Waals surface area contributed by atoms with Crippen LogP contribution in [0.25, 0.3) is 0 Å². The van der Waals surface area contributed by atoms with Crippen LogP contribution in [-0.2, 0) is 6.54 Å². The Hall–Kier alpha value is -1.35. The number of hydrogen-bond donors (Lipinski definition) is 1. The zero-order valence-electron chi connectivity index (χ0n) is 10.8. The first-order valence-electron chi connectivity index (χ1n) is 6.31. The van der Waals surface area contributed by atoms with E-state index >= 15 is 0 Å². The number of carbonyl (C=O) groups excluding carboxylic acids is 1. The van der Waals surface area contributed by atoms with Crippen LogP contribution in [0.5, 0.6) is 0 Å². The van der Waals surface area contributed by atoms with Crippen molar-refractivity contribution in [2.75, 3.05) is 13.1 Å². The molecule has 0 spiro atoms. The van der Waals surface area contributed by atoms with Crippen LogP contribution in [0.2, 0.25) is 0 Å². The number of nitrogens with two attached hydrogens (primary N) is 1. The fourth-order valence-electron chi connectivity index (χ4n) is 1.87. The first kappa shape index (κ1) is 13.7. The van der Waals surface area contributed by atoms with Crippen molar-refractivity contribution in [3.8, 4) is 0 Å². The maximum Gasteiger partial charge on any atom is 0.253 e. The van der Waals surface area contributed by atoms with E-state index in [1.807, 2.05) is 29.2 Å². The third-order valence-corrected chi connectivity index (χ3v) is 2.68. The quantitative estimate of drug-likeness (QED) is 0.821. The summed E-state index contributed by atoms with van der Waals surface area (Å²) in [6.45, 7) is 6.29. The van der Waals surface area contributed by atoms with E-state index in [9.17, 15) is 4.79 Å². The standard InChI is InChI=1S/C14H22N2O/c1-3-8-16(9-4-2)14(17)13-7-5-6-12(10-13)11-15/h5-7,10H,3-4,8-9,11,15H2,1-2H3. The van der Waals surface area contributed by atoms with E-state index in [0.29, 0.717) is 6.54 Å². The Kier molecular flexibility index (Phi) is 5.70. The van der Waals surface area contributed by atoms with Crippen LogP contribution in [0.3, 0.4) is 0 Å². The summed E-state index contributed by atoms with van der Waals surface area (Å²) in [7, 11) is 0. The van der Waals surface area contributed by atoms with Gasteiger partial charge in [0, 0.05) is 25.2 Å². The van der Waals surface area contributed by atoms with Crippen molar-refractivity contribution in [3.63, 3.8) is 0 Å². The maximum atomic E-state index is 12.3. The molecular weight excluding hydrogens is 212 g/mol. The second kappa shape index (κ2) is 7.07. The van der Waals surface area contributed by atoms with Gasteiger partial charge in [0.1, 0.15) is 0 Å². The van der Waals surface area contributed by atoms with Crippen LogP contribution in [0.4, 0.5) is 0 Å². The zero-order valence-corrected chi connectivity index (χ0v) is 10.8. The Labute approximate surface area is 104 Å². The van der Waals surface area contributed by atoms with Crippen LogP contribution in [0.1, 0.15) is 42.6 Å². The third kappa shape index (κ3) is 3.86. The predicted octanol–water partition coefficient (Wildman–Crippen LogP) is 2.41. The molecule has 3 heteroatoms. The van der Waals surface area contributed by atoms with Crippen molar-refractivity contribution in [1.29, 1.82) is 0 Å². The molecule has 0 saturated carbocycles. The average molecular weight is 234 g/mol. The lowest BCUT2D eigenvalue weighted by molar-refractivity contribution is 0.0755. The highest BCUT2D eigenvalue weighted by atomic mass is 16.2. The first-order chi connectivity index (χ1) is 8.22. The van der Waals surface area contributed by atoms with Gasteiger partial charge in [0.05, 0.1) is 0 Å². The summed E-state index contributed by atoms with van der Waals surface area (Å²) in [6.07, 6.45) is 1.98.